The topological polar surface area (TPSA) is 55.8 Å². The van der Waals surface area contributed by atoms with Gasteiger partial charge in [-0.05, 0) is 36.3 Å². The molecule has 0 spiro atoms. The molecule has 0 saturated carbocycles. The summed E-state index contributed by atoms with van der Waals surface area (Å²) in [5.74, 6) is 0.491. The number of aliphatic hydroxyl groups is 1. The van der Waals surface area contributed by atoms with E-state index in [0.717, 1.165) is 30.4 Å². The van der Waals surface area contributed by atoms with Gasteiger partial charge in [0.15, 0.2) is 12.1 Å². The second-order valence-electron chi connectivity index (χ2n) is 5.23. The van der Waals surface area contributed by atoms with Gasteiger partial charge in [-0.2, -0.15) is 0 Å². The van der Waals surface area contributed by atoms with E-state index in [0.29, 0.717) is 18.8 Å². The molecule has 3 aliphatic rings. The number of rotatable bonds is 1. The summed E-state index contributed by atoms with van der Waals surface area (Å²) in [7, 11) is 1.63. The lowest BCUT2D eigenvalue weighted by Crippen LogP contribution is -2.20. The second-order valence-corrected chi connectivity index (χ2v) is 5.23. The number of ether oxygens (including phenoxy) is 2. The van der Waals surface area contributed by atoms with E-state index in [2.05, 4.69) is 0 Å². The van der Waals surface area contributed by atoms with Gasteiger partial charge >= 0.3 is 0 Å². The third-order valence-corrected chi connectivity index (χ3v) is 4.27. The normalized spacial score (nSPS) is 41.4. The van der Waals surface area contributed by atoms with Crippen molar-refractivity contribution < 1.29 is 19.4 Å². The summed E-state index contributed by atoms with van der Waals surface area (Å²) in [6.45, 7) is 0. The minimum atomic E-state index is -0.408. The fourth-order valence-corrected chi connectivity index (χ4v) is 3.33. The highest BCUT2D eigenvalue weighted by atomic mass is 16.7. The molecule has 1 fully saturated rings. The first-order chi connectivity index (χ1) is 8.19. The zero-order valence-corrected chi connectivity index (χ0v) is 10.0. The summed E-state index contributed by atoms with van der Waals surface area (Å²) in [6, 6.07) is 0. The maximum Gasteiger partial charge on any atom is 0.161 e. The largest absolute Gasteiger partial charge is 0.389 e. The SMILES string of the molecule is COC1C[C@H]2CC3=C(CC[C@@H]3O)C(=O)C[C@H]2O1. The highest BCUT2D eigenvalue weighted by molar-refractivity contribution is 5.97. The zero-order valence-electron chi connectivity index (χ0n) is 10.0. The number of aliphatic hydroxyl groups excluding tert-OH is 1. The van der Waals surface area contributed by atoms with Crippen LogP contribution in [0.15, 0.2) is 11.1 Å². The van der Waals surface area contributed by atoms with Crippen molar-refractivity contribution in [2.75, 3.05) is 7.11 Å². The van der Waals surface area contributed by atoms with E-state index >= 15 is 0 Å². The van der Waals surface area contributed by atoms with E-state index in [4.69, 9.17) is 9.47 Å². The molecule has 0 radical (unpaired) electrons. The number of ketones is 1. The van der Waals surface area contributed by atoms with E-state index in [1.807, 2.05) is 0 Å². The standard InChI is InChI=1S/C13H18O4/c1-16-13-5-7-4-9-8(2-3-10(9)14)11(15)6-12(7)17-13/h7,10,12-14H,2-6H2,1H3/t7-,10+,12-,13?/m1/s1. The summed E-state index contributed by atoms with van der Waals surface area (Å²) >= 11 is 0. The van der Waals surface area contributed by atoms with Crippen LogP contribution in [0.2, 0.25) is 0 Å². The Morgan fingerprint density at radius 3 is 3.00 bits per heavy atom. The van der Waals surface area contributed by atoms with Crippen molar-refractivity contribution in [1.29, 1.82) is 0 Å². The van der Waals surface area contributed by atoms with E-state index in [1.165, 1.54) is 0 Å². The molecule has 0 aromatic carbocycles. The maximum atomic E-state index is 12.1. The molecule has 1 unspecified atom stereocenters. The molecule has 1 N–H and O–H groups in total. The van der Waals surface area contributed by atoms with E-state index < -0.39 is 6.10 Å². The highest BCUT2D eigenvalue weighted by Gasteiger charge is 2.42. The summed E-state index contributed by atoms with van der Waals surface area (Å²) in [5.41, 5.74) is 1.85. The predicted molar refractivity (Wildman–Crippen MR) is 60.3 cm³/mol. The molecule has 2 aliphatic carbocycles. The monoisotopic (exact) mass is 238 g/mol. The van der Waals surface area contributed by atoms with Crippen molar-refractivity contribution in [2.45, 2.75) is 50.6 Å². The molecule has 1 saturated heterocycles. The highest BCUT2D eigenvalue weighted by Crippen LogP contribution is 2.42. The van der Waals surface area contributed by atoms with Gasteiger partial charge in [0.05, 0.1) is 12.2 Å². The number of Topliss-reactive ketones (excluding diaryl/α,β-unsaturated/α-hetero) is 1. The summed E-state index contributed by atoms with van der Waals surface area (Å²) in [6.07, 6.45) is 2.92. The molecule has 0 bridgehead atoms. The number of hydrogen-bond acceptors (Lipinski definition) is 4. The molecule has 17 heavy (non-hydrogen) atoms. The van der Waals surface area contributed by atoms with Gasteiger partial charge in [0.25, 0.3) is 0 Å². The Morgan fingerprint density at radius 1 is 1.41 bits per heavy atom. The number of allylic oxidation sites excluding steroid dienone is 1. The van der Waals surface area contributed by atoms with Crippen LogP contribution < -0.4 is 0 Å². The smallest absolute Gasteiger partial charge is 0.161 e. The Kier molecular flexibility index (Phi) is 2.81. The lowest BCUT2D eigenvalue weighted by Gasteiger charge is -2.16. The lowest BCUT2D eigenvalue weighted by molar-refractivity contribution is -0.130. The third-order valence-electron chi connectivity index (χ3n) is 4.27. The van der Waals surface area contributed by atoms with Crippen molar-refractivity contribution in [3.8, 4) is 0 Å². The molecule has 1 aliphatic heterocycles. The van der Waals surface area contributed by atoms with Crippen LogP contribution in [0.3, 0.4) is 0 Å². The first kappa shape index (κ1) is 11.4. The molecule has 0 aromatic rings. The van der Waals surface area contributed by atoms with Crippen LogP contribution in [0.1, 0.15) is 32.1 Å². The van der Waals surface area contributed by atoms with E-state index in [-0.39, 0.29) is 18.2 Å². The van der Waals surface area contributed by atoms with Crippen LogP contribution in [0.5, 0.6) is 0 Å². The molecule has 4 nitrogen and oxygen atoms in total. The van der Waals surface area contributed by atoms with Crippen LogP contribution in [-0.2, 0) is 14.3 Å². The van der Waals surface area contributed by atoms with Gasteiger partial charge in [0.2, 0.25) is 0 Å². The Morgan fingerprint density at radius 2 is 2.24 bits per heavy atom. The zero-order chi connectivity index (χ0) is 12.0. The number of methoxy groups -OCH3 is 1. The number of hydrogen-bond donors (Lipinski definition) is 1. The van der Waals surface area contributed by atoms with Gasteiger partial charge in [0, 0.05) is 20.0 Å². The Balaban J connectivity index is 1.85. The molecule has 4 heteroatoms. The van der Waals surface area contributed by atoms with Crippen LogP contribution in [0.4, 0.5) is 0 Å². The lowest BCUT2D eigenvalue weighted by atomic mass is 9.92. The molecule has 3 rings (SSSR count). The molecular formula is C13H18O4. The summed E-state index contributed by atoms with van der Waals surface area (Å²) in [4.78, 5) is 12.1. The quantitative estimate of drug-likeness (QED) is 0.745. The molecule has 0 amide bonds. The Bertz CT molecular complexity index is 374. The molecule has 0 aromatic heterocycles. The number of carbonyl (C=O) groups is 1. The Labute approximate surface area is 101 Å². The minimum absolute atomic E-state index is 0.0229. The average molecular weight is 238 g/mol. The summed E-state index contributed by atoms with van der Waals surface area (Å²) < 4.78 is 10.9. The minimum Gasteiger partial charge on any atom is -0.389 e. The van der Waals surface area contributed by atoms with Gasteiger partial charge in [-0.15, -0.1) is 0 Å². The third kappa shape index (κ3) is 1.84. The fraction of sp³-hybridized carbons (Fsp3) is 0.769. The fourth-order valence-electron chi connectivity index (χ4n) is 3.33. The molecule has 94 valence electrons. The average Bonchev–Trinajstić information content (AvgIpc) is 2.82. The van der Waals surface area contributed by atoms with E-state index in [1.54, 1.807) is 7.11 Å². The number of carbonyl (C=O) groups excluding carboxylic acids is 1. The van der Waals surface area contributed by atoms with Crippen molar-refractivity contribution in [3.63, 3.8) is 0 Å². The molecule has 4 atom stereocenters. The second kappa shape index (κ2) is 4.19. The van der Waals surface area contributed by atoms with Gasteiger partial charge in [0.1, 0.15) is 0 Å². The van der Waals surface area contributed by atoms with Crippen LogP contribution in [-0.4, -0.2) is 36.5 Å². The van der Waals surface area contributed by atoms with Gasteiger partial charge in [-0.25, -0.2) is 0 Å². The summed E-state index contributed by atoms with van der Waals surface area (Å²) in [5, 5.41) is 9.93. The first-order valence-electron chi connectivity index (χ1n) is 6.30. The molecular weight excluding hydrogens is 220 g/mol. The van der Waals surface area contributed by atoms with Crippen LogP contribution in [0.25, 0.3) is 0 Å². The van der Waals surface area contributed by atoms with E-state index in [9.17, 15) is 9.90 Å². The van der Waals surface area contributed by atoms with Crippen molar-refractivity contribution in [2.24, 2.45) is 5.92 Å². The van der Waals surface area contributed by atoms with Gasteiger partial charge in [-0.3, -0.25) is 4.79 Å². The molecule has 1 heterocycles. The van der Waals surface area contributed by atoms with Gasteiger partial charge < -0.3 is 14.6 Å². The van der Waals surface area contributed by atoms with Gasteiger partial charge in [-0.1, -0.05) is 0 Å². The predicted octanol–water partition coefficient (Wildman–Crippen LogP) is 1.18. The van der Waals surface area contributed by atoms with Crippen LogP contribution >= 0.6 is 0 Å². The number of fused-ring (bicyclic) bond motifs is 1. The Hall–Kier alpha value is -0.710. The maximum absolute atomic E-state index is 12.1. The van der Waals surface area contributed by atoms with Crippen LogP contribution in [0, 0.1) is 5.92 Å². The van der Waals surface area contributed by atoms with Crippen molar-refractivity contribution in [1.82, 2.24) is 0 Å². The first-order valence-corrected chi connectivity index (χ1v) is 6.30. The van der Waals surface area contributed by atoms with Crippen molar-refractivity contribution >= 4 is 5.78 Å². The van der Waals surface area contributed by atoms with Crippen molar-refractivity contribution in [3.05, 3.63) is 11.1 Å².